The Labute approximate surface area is 438 Å². The zero-order valence-corrected chi connectivity index (χ0v) is 45.3. The second-order valence-electron chi connectivity index (χ2n) is 24.1. The Kier molecular flexibility index (Phi) is 15.5. The smallest absolute Gasteiger partial charge is 0.343 e. The van der Waals surface area contributed by atoms with Crippen LogP contribution in [0.2, 0.25) is 0 Å². The fourth-order valence-corrected chi connectivity index (χ4v) is 11.6. The summed E-state index contributed by atoms with van der Waals surface area (Å²) in [6.07, 6.45) is 13.0. The van der Waals surface area contributed by atoms with Gasteiger partial charge in [-0.3, -0.25) is 19.4 Å². The number of rotatable bonds is 15. The highest BCUT2D eigenvalue weighted by Gasteiger charge is 2.42. The number of nitrogens with zero attached hydrogens (tertiary/aromatic N) is 3. The van der Waals surface area contributed by atoms with E-state index in [1.54, 1.807) is 42.5 Å². The van der Waals surface area contributed by atoms with Gasteiger partial charge in [0.1, 0.15) is 11.3 Å². The lowest BCUT2D eigenvalue weighted by molar-refractivity contribution is -0.137. The van der Waals surface area contributed by atoms with Crippen LogP contribution in [0.1, 0.15) is 189 Å². The number of ketones is 1. The van der Waals surface area contributed by atoms with E-state index < -0.39 is 24.0 Å². The molecule has 1 saturated heterocycles. The summed E-state index contributed by atoms with van der Waals surface area (Å²) in [5, 5.41) is 31.1. The Morgan fingerprint density at radius 3 is 1.92 bits per heavy atom. The van der Waals surface area contributed by atoms with Crippen LogP contribution < -0.4 is 9.64 Å². The molecule has 74 heavy (non-hydrogen) atoms. The monoisotopic (exact) mass is 1000 g/mol. The average molecular weight is 1000 g/mol. The summed E-state index contributed by atoms with van der Waals surface area (Å²) in [6, 6.07) is 20.1. The van der Waals surface area contributed by atoms with E-state index in [-0.39, 0.29) is 50.7 Å². The molecule has 4 aromatic rings. The molecule has 2 heterocycles. The largest absolute Gasteiger partial charge is 0.481 e. The van der Waals surface area contributed by atoms with Crippen LogP contribution in [0.15, 0.2) is 85.0 Å². The van der Waals surface area contributed by atoms with Gasteiger partial charge in [0, 0.05) is 63.1 Å². The Bertz CT molecular complexity index is 2910. The molecule has 1 atom stereocenters. The molecule has 1 unspecified atom stereocenters. The standard InChI is InChI=1S/C63H77N3O8/c1-40(2)65-31-33-66(34-32-65)51-39-46(38-50-57(51)63(9,10)27-25-61(50,5)6)53(68)19-14-41-11-16-44(17-12-41)59(73)74-54-35-42(13-18-47(54)58(71)72)15-20-52(67)45-36-48(43-21-28-64(29-22-43)30-23-55(69)70)56-49(37-45)60(3,4)24-26-62(56,7)8/h11-21,35-40,53,68H,22-34H2,1-10H3,(H,69,70)(H,71,72)/b19-14+,20-15+. The zero-order chi connectivity index (χ0) is 53.5. The normalized spacial score (nSPS) is 19.7. The Morgan fingerprint density at radius 2 is 1.31 bits per heavy atom. The van der Waals surface area contributed by atoms with Gasteiger partial charge >= 0.3 is 17.9 Å². The molecule has 0 aromatic heterocycles. The van der Waals surface area contributed by atoms with Gasteiger partial charge in [0.2, 0.25) is 0 Å². The van der Waals surface area contributed by atoms with E-state index in [0.717, 1.165) is 92.7 Å². The number of piperazine rings is 1. The predicted molar refractivity (Wildman–Crippen MR) is 296 cm³/mol. The number of carbonyl (C=O) groups excluding carboxylic acids is 2. The molecule has 11 nitrogen and oxygen atoms in total. The zero-order valence-electron chi connectivity index (χ0n) is 45.3. The number of aromatic carboxylic acids is 1. The number of aliphatic hydroxyl groups excluding tert-OH is 1. The maximum Gasteiger partial charge on any atom is 0.343 e. The highest BCUT2D eigenvalue weighted by Crippen LogP contribution is 2.52. The van der Waals surface area contributed by atoms with Gasteiger partial charge in [0.15, 0.2) is 5.78 Å². The van der Waals surface area contributed by atoms with Crippen LogP contribution in [0.25, 0.3) is 17.7 Å². The average Bonchev–Trinajstić information content (AvgIpc) is 3.36. The summed E-state index contributed by atoms with van der Waals surface area (Å²) in [5.74, 6) is -3.18. The lowest BCUT2D eigenvalue weighted by atomic mass is 9.61. The van der Waals surface area contributed by atoms with Gasteiger partial charge in [-0.2, -0.15) is 0 Å². The Morgan fingerprint density at radius 1 is 0.689 bits per heavy atom. The second kappa shape index (κ2) is 21.2. The molecule has 4 aliphatic rings. The molecular formula is C63H77N3O8. The summed E-state index contributed by atoms with van der Waals surface area (Å²) >= 11 is 0. The van der Waals surface area contributed by atoms with Gasteiger partial charge in [0.05, 0.1) is 18.1 Å². The number of hydrogen-bond donors (Lipinski definition) is 3. The maximum absolute atomic E-state index is 14.1. The first-order chi connectivity index (χ1) is 34.8. The third-order valence-corrected chi connectivity index (χ3v) is 16.6. The summed E-state index contributed by atoms with van der Waals surface area (Å²) in [4.78, 5) is 58.6. The maximum atomic E-state index is 14.1. The van der Waals surface area contributed by atoms with Gasteiger partial charge in [-0.1, -0.05) is 104 Å². The second-order valence-corrected chi connectivity index (χ2v) is 24.1. The summed E-state index contributed by atoms with van der Waals surface area (Å²) < 4.78 is 5.76. The molecule has 3 N–H and O–H groups in total. The number of hydrogen-bond acceptors (Lipinski definition) is 9. The lowest BCUT2D eigenvalue weighted by Gasteiger charge is -2.46. The Balaban J connectivity index is 0.990. The van der Waals surface area contributed by atoms with E-state index in [1.165, 1.54) is 40.6 Å². The van der Waals surface area contributed by atoms with Crippen molar-refractivity contribution < 1.29 is 39.2 Å². The molecule has 0 amide bonds. The van der Waals surface area contributed by atoms with Gasteiger partial charge in [-0.05, 0) is 166 Å². The van der Waals surface area contributed by atoms with Gasteiger partial charge in [-0.15, -0.1) is 0 Å². The van der Waals surface area contributed by atoms with Gasteiger partial charge in [-0.25, -0.2) is 9.59 Å². The van der Waals surface area contributed by atoms with Crippen molar-refractivity contribution in [2.24, 2.45) is 0 Å². The van der Waals surface area contributed by atoms with Crippen LogP contribution >= 0.6 is 0 Å². The van der Waals surface area contributed by atoms with Crippen LogP contribution in [0.3, 0.4) is 0 Å². The van der Waals surface area contributed by atoms with Crippen molar-refractivity contribution in [3.63, 3.8) is 0 Å². The van der Waals surface area contributed by atoms with Crippen LogP contribution in [-0.4, -0.2) is 101 Å². The first kappa shape index (κ1) is 54.1. The number of carboxylic acid groups (broad SMARTS) is 2. The minimum absolute atomic E-state index is 0.00375. The minimum atomic E-state index is -1.26. The Hall–Kier alpha value is -6.14. The minimum Gasteiger partial charge on any atom is -0.481 e. The number of carbonyl (C=O) groups is 4. The number of ether oxygens (including phenoxy) is 1. The van der Waals surface area contributed by atoms with E-state index in [1.807, 2.05) is 18.2 Å². The van der Waals surface area contributed by atoms with Crippen molar-refractivity contribution >= 4 is 47.1 Å². The van der Waals surface area contributed by atoms with Crippen LogP contribution in [0.4, 0.5) is 5.69 Å². The SMILES string of the molecule is CC(C)N1CCN(c2cc(C(O)/C=C/c3ccc(C(=O)Oc4cc(/C=C/C(=O)c5cc(C6=CCN(CCC(=O)O)CC6)c6c(c5)C(C)(C)CCC6(C)C)ccc4C(=O)O)cc3)cc3c2C(C)(C)CCC3(C)C)CC1. The summed E-state index contributed by atoms with van der Waals surface area (Å²) in [5.41, 5.74) is 10.9. The van der Waals surface area contributed by atoms with Crippen molar-refractivity contribution in [2.75, 3.05) is 50.7 Å². The van der Waals surface area contributed by atoms with Gasteiger partial charge < -0.3 is 25.0 Å². The van der Waals surface area contributed by atoms with Crippen LogP contribution in [-0.2, 0) is 26.5 Å². The number of carboxylic acids is 2. The molecule has 392 valence electrons. The topological polar surface area (TPSA) is 148 Å². The number of benzene rings is 4. The van der Waals surface area contributed by atoms with E-state index in [4.69, 9.17) is 4.74 Å². The van der Waals surface area contributed by atoms with Crippen molar-refractivity contribution in [1.29, 1.82) is 0 Å². The first-order valence-corrected chi connectivity index (χ1v) is 26.6. The number of aliphatic hydroxyl groups is 1. The number of esters is 1. The number of aliphatic carboxylic acids is 1. The molecule has 2 aliphatic heterocycles. The predicted octanol–water partition coefficient (Wildman–Crippen LogP) is 12.0. The van der Waals surface area contributed by atoms with Crippen molar-refractivity contribution in [1.82, 2.24) is 9.80 Å². The number of fused-ring (bicyclic) bond motifs is 2. The van der Waals surface area contributed by atoms with Crippen molar-refractivity contribution in [2.45, 2.75) is 142 Å². The quantitative estimate of drug-likeness (QED) is 0.0452. The van der Waals surface area contributed by atoms with Gasteiger partial charge in [0.25, 0.3) is 0 Å². The van der Waals surface area contributed by atoms with Crippen molar-refractivity contribution in [3.05, 3.63) is 146 Å². The lowest BCUT2D eigenvalue weighted by Crippen LogP contribution is -2.50. The number of anilines is 1. The van der Waals surface area contributed by atoms with E-state index in [2.05, 4.69) is 102 Å². The molecule has 0 bridgehead atoms. The molecule has 0 saturated carbocycles. The molecule has 8 rings (SSSR count). The molecule has 2 aliphatic carbocycles. The molecule has 4 aromatic carbocycles. The van der Waals surface area contributed by atoms with E-state index in [0.29, 0.717) is 30.3 Å². The fourth-order valence-electron chi connectivity index (χ4n) is 11.6. The number of allylic oxidation sites excluding steroid dienone is 1. The van der Waals surface area contributed by atoms with E-state index in [9.17, 15) is 34.5 Å². The van der Waals surface area contributed by atoms with Crippen LogP contribution in [0.5, 0.6) is 5.75 Å². The third kappa shape index (κ3) is 11.7. The summed E-state index contributed by atoms with van der Waals surface area (Å²) in [6.45, 7) is 28.5. The molecule has 0 radical (unpaired) electrons. The van der Waals surface area contributed by atoms with Crippen LogP contribution in [0, 0.1) is 0 Å². The summed E-state index contributed by atoms with van der Waals surface area (Å²) in [7, 11) is 0. The third-order valence-electron chi connectivity index (χ3n) is 16.6. The van der Waals surface area contributed by atoms with Crippen molar-refractivity contribution in [3.8, 4) is 5.75 Å². The highest BCUT2D eigenvalue weighted by atomic mass is 16.5. The molecule has 11 heteroatoms. The highest BCUT2D eigenvalue weighted by molar-refractivity contribution is 6.08. The molecule has 0 spiro atoms. The molecule has 1 fully saturated rings. The molecular weight excluding hydrogens is 927 g/mol. The fraction of sp³-hybridized carbons (Fsp3) is 0.460. The van der Waals surface area contributed by atoms with E-state index >= 15 is 0 Å². The first-order valence-electron chi connectivity index (χ1n) is 26.6.